The molecule has 6 nitrogen and oxygen atoms in total. The van der Waals surface area contributed by atoms with Crippen LogP contribution in [0.3, 0.4) is 0 Å². The van der Waals surface area contributed by atoms with Crippen LogP contribution in [-0.2, 0) is 4.79 Å². The maximum absolute atomic E-state index is 12.8. The number of amides is 1. The summed E-state index contributed by atoms with van der Waals surface area (Å²) in [5, 5.41) is 3.03. The van der Waals surface area contributed by atoms with Gasteiger partial charge in [-0.15, -0.1) is 11.3 Å². The Morgan fingerprint density at radius 2 is 1.87 bits per heavy atom. The predicted octanol–water partition coefficient (Wildman–Crippen LogP) is 2.37. The van der Waals surface area contributed by atoms with Crippen LogP contribution < -0.4 is 4.90 Å². The van der Waals surface area contributed by atoms with Crippen LogP contribution in [0.5, 0.6) is 0 Å². The van der Waals surface area contributed by atoms with Crippen LogP contribution in [0.4, 0.5) is 5.13 Å². The van der Waals surface area contributed by atoms with E-state index in [0.717, 1.165) is 37.1 Å². The third-order valence-electron chi connectivity index (χ3n) is 4.27. The van der Waals surface area contributed by atoms with Gasteiger partial charge in [-0.3, -0.25) is 4.79 Å². The van der Waals surface area contributed by atoms with Gasteiger partial charge in [-0.05, 0) is 6.92 Å². The quantitative estimate of drug-likeness (QED) is 0.862. The molecule has 0 aliphatic carbocycles. The molecule has 0 saturated carbocycles. The molecule has 1 atom stereocenters. The fourth-order valence-corrected chi connectivity index (χ4v) is 3.67. The number of hydrogen-bond donors (Lipinski definition) is 0. The maximum atomic E-state index is 12.8. The number of piperazine rings is 1. The van der Waals surface area contributed by atoms with E-state index in [1.54, 1.807) is 17.5 Å². The molecule has 124 valence electrons. The maximum Gasteiger partial charge on any atom is 0.245 e. The molecule has 1 aliphatic heterocycles. The van der Waals surface area contributed by atoms with Gasteiger partial charge in [0.25, 0.3) is 0 Å². The summed E-state index contributed by atoms with van der Waals surface area (Å²) in [6.07, 6.45) is 5.51. The summed E-state index contributed by atoms with van der Waals surface area (Å²) in [5.74, 6) is 1.44. The molecule has 1 saturated heterocycles. The summed E-state index contributed by atoms with van der Waals surface area (Å²) in [7, 11) is 0. The molecular weight excluding hydrogens is 310 g/mol. The van der Waals surface area contributed by atoms with Crippen molar-refractivity contribution >= 4 is 22.4 Å². The number of aromatic nitrogens is 3. The van der Waals surface area contributed by atoms with E-state index in [1.165, 1.54) is 0 Å². The number of thiazole rings is 1. The van der Waals surface area contributed by atoms with E-state index in [-0.39, 0.29) is 11.9 Å². The second-order valence-electron chi connectivity index (χ2n) is 6.15. The van der Waals surface area contributed by atoms with Gasteiger partial charge in [0.15, 0.2) is 5.13 Å². The molecule has 1 aliphatic rings. The summed E-state index contributed by atoms with van der Waals surface area (Å²) in [4.78, 5) is 25.7. The lowest BCUT2D eigenvalue weighted by atomic mass is 10.2. The zero-order chi connectivity index (χ0) is 16.4. The molecule has 0 bridgehead atoms. The summed E-state index contributed by atoms with van der Waals surface area (Å²) < 4.78 is 2.00. The third kappa shape index (κ3) is 3.24. The topological polar surface area (TPSA) is 54.3 Å². The number of imidazole rings is 1. The highest BCUT2D eigenvalue weighted by molar-refractivity contribution is 7.13. The molecule has 1 unspecified atom stereocenters. The van der Waals surface area contributed by atoms with E-state index in [4.69, 9.17) is 0 Å². The van der Waals surface area contributed by atoms with Crippen molar-refractivity contribution < 1.29 is 4.79 Å². The number of rotatable bonds is 4. The van der Waals surface area contributed by atoms with Crippen molar-refractivity contribution in [3.63, 3.8) is 0 Å². The average molecular weight is 333 g/mol. The Kier molecular flexibility index (Phi) is 4.66. The SMILES string of the molecule is CC(C)c1nccn1C(C)C(=O)N1CCN(c2nccs2)CC1. The van der Waals surface area contributed by atoms with E-state index in [1.807, 2.05) is 34.2 Å². The smallest absolute Gasteiger partial charge is 0.245 e. The molecule has 0 radical (unpaired) electrons. The summed E-state index contributed by atoms with van der Waals surface area (Å²) >= 11 is 1.65. The first-order valence-corrected chi connectivity index (χ1v) is 8.92. The molecule has 3 heterocycles. The lowest BCUT2D eigenvalue weighted by Crippen LogP contribution is -2.50. The predicted molar refractivity (Wildman–Crippen MR) is 91.9 cm³/mol. The summed E-state index contributed by atoms with van der Waals surface area (Å²) in [6, 6.07) is -0.207. The second-order valence-corrected chi connectivity index (χ2v) is 7.02. The minimum absolute atomic E-state index is 0.170. The zero-order valence-corrected chi connectivity index (χ0v) is 14.7. The van der Waals surface area contributed by atoms with Gasteiger partial charge in [0.2, 0.25) is 5.91 Å². The molecule has 7 heteroatoms. The van der Waals surface area contributed by atoms with E-state index in [2.05, 4.69) is 28.7 Å². The highest BCUT2D eigenvalue weighted by Gasteiger charge is 2.27. The summed E-state index contributed by atoms with van der Waals surface area (Å²) in [6.45, 7) is 9.33. The van der Waals surface area contributed by atoms with Crippen LogP contribution in [0.2, 0.25) is 0 Å². The van der Waals surface area contributed by atoms with Crippen molar-refractivity contribution in [2.45, 2.75) is 32.7 Å². The first-order chi connectivity index (χ1) is 11.1. The van der Waals surface area contributed by atoms with Crippen molar-refractivity contribution in [2.75, 3.05) is 31.1 Å². The van der Waals surface area contributed by atoms with E-state index in [0.29, 0.717) is 5.92 Å². The Morgan fingerprint density at radius 3 is 2.48 bits per heavy atom. The van der Waals surface area contributed by atoms with Gasteiger partial charge in [-0.1, -0.05) is 13.8 Å². The Bertz CT molecular complexity index is 643. The third-order valence-corrected chi connectivity index (χ3v) is 5.10. The Labute approximate surface area is 140 Å². The molecule has 1 amide bonds. The molecule has 0 aromatic carbocycles. The molecule has 0 spiro atoms. The molecular formula is C16H23N5OS. The molecule has 2 aromatic heterocycles. The largest absolute Gasteiger partial charge is 0.345 e. The number of carbonyl (C=O) groups is 1. The highest BCUT2D eigenvalue weighted by Crippen LogP contribution is 2.22. The second kappa shape index (κ2) is 6.70. The van der Waals surface area contributed by atoms with Gasteiger partial charge in [-0.2, -0.15) is 0 Å². The number of hydrogen-bond acceptors (Lipinski definition) is 5. The Hall–Kier alpha value is -1.89. The standard InChI is InChI=1S/C16H23N5OS/c1-12(2)14-17-4-6-21(14)13(3)15(22)19-7-9-20(10-8-19)16-18-5-11-23-16/h4-6,11-13H,7-10H2,1-3H3. The Balaban J connectivity index is 1.64. The minimum atomic E-state index is -0.207. The van der Waals surface area contributed by atoms with Crippen LogP contribution in [0.1, 0.15) is 38.6 Å². The van der Waals surface area contributed by atoms with Gasteiger partial charge < -0.3 is 14.4 Å². The summed E-state index contributed by atoms with van der Waals surface area (Å²) in [5.41, 5.74) is 0. The van der Waals surface area contributed by atoms with Gasteiger partial charge in [0, 0.05) is 56.1 Å². The normalized spacial score (nSPS) is 16.9. The lowest BCUT2D eigenvalue weighted by molar-refractivity contribution is -0.134. The van der Waals surface area contributed by atoms with Gasteiger partial charge in [0.1, 0.15) is 11.9 Å². The number of carbonyl (C=O) groups excluding carboxylic acids is 1. The highest BCUT2D eigenvalue weighted by atomic mass is 32.1. The van der Waals surface area contributed by atoms with Crippen LogP contribution in [-0.4, -0.2) is 51.5 Å². The first-order valence-electron chi connectivity index (χ1n) is 8.04. The average Bonchev–Trinajstić information content (AvgIpc) is 3.24. The van der Waals surface area contributed by atoms with Gasteiger partial charge in [-0.25, -0.2) is 9.97 Å². The van der Waals surface area contributed by atoms with Gasteiger partial charge in [0.05, 0.1) is 0 Å². The van der Waals surface area contributed by atoms with E-state index >= 15 is 0 Å². The van der Waals surface area contributed by atoms with E-state index in [9.17, 15) is 4.79 Å². The van der Waals surface area contributed by atoms with Crippen molar-refractivity contribution in [3.8, 4) is 0 Å². The van der Waals surface area contributed by atoms with Crippen LogP contribution in [0, 0.1) is 0 Å². The van der Waals surface area contributed by atoms with Crippen molar-refractivity contribution in [1.29, 1.82) is 0 Å². The van der Waals surface area contributed by atoms with Crippen LogP contribution >= 0.6 is 11.3 Å². The molecule has 0 N–H and O–H groups in total. The monoisotopic (exact) mass is 333 g/mol. The van der Waals surface area contributed by atoms with Crippen molar-refractivity contribution in [2.24, 2.45) is 0 Å². The molecule has 2 aromatic rings. The number of nitrogens with zero attached hydrogens (tertiary/aromatic N) is 5. The molecule has 23 heavy (non-hydrogen) atoms. The van der Waals surface area contributed by atoms with Gasteiger partial charge >= 0.3 is 0 Å². The number of anilines is 1. The zero-order valence-electron chi connectivity index (χ0n) is 13.8. The lowest BCUT2D eigenvalue weighted by Gasteiger charge is -2.36. The Morgan fingerprint density at radius 1 is 1.13 bits per heavy atom. The van der Waals surface area contributed by atoms with E-state index < -0.39 is 0 Å². The van der Waals surface area contributed by atoms with Crippen molar-refractivity contribution in [3.05, 3.63) is 29.8 Å². The minimum Gasteiger partial charge on any atom is -0.345 e. The molecule has 3 rings (SSSR count). The molecule has 1 fully saturated rings. The van der Waals surface area contributed by atoms with Crippen LogP contribution in [0.15, 0.2) is 24.0 Å². The van der Waals surface area contributed by atoms with Crippen molar-refractivity contribution in [1.82, 2.24) is 19.4 Å². The fourth-order valence-electron chi connectivity index (χ4n) is 2.97. The first kappa shape index (κ1) is 16.0. The fraction of sp³-hybridized carbons (Fsp3) is 0.562. The van der Waals surface area contributed by atoms with Crippen LogP contribution in [0.25, 0.3) is 0 Å².